The molecule has 2 heteroatoms. The van der Waals surface area contributed by atoms with Crippen molar-refractivity contribution >= 4 is 0 Å². The van der Waals surface area contributed by atoms with E-state index in [9.17, 15) is 0 Å². The smallest absolute Gasteiger partial charge is 0.104 e. The van der Waals surface area contributed by atoms with Crippen molar-refractivity contribution in [2.45, 2.75) is 39.2 Å². The molecule has 0 aromatic rings. The van der Waals surface area contributed by atoms with Gasteiger partial charge in [-0.25, -0.2) is 0 Å². The van der Waals surface area contributed by atoms with Crippen LogP contribution >= 0.6 is 0 Å². The molecular weight excluding hydrogens is 128 g/mol. The third-order valence-corrected chi connectivity index (χ3v) is 1.31. The Bertz CT molecular complexity index is 58.3. The Morgan fingerprint density at radius 3 is 1.90 bits per heavy atom. The van der Waals surface area contributed by atoms with Gasteiger partial charge in [-0.1, -0.05) is 33.1 Å². The van der Waals surface area contributed by atoms with Crippen molar-refractivity contribution in [1.82, 2.24) is 0 Å². The van der Waals surface area contributed by atoms with Gasteiger partial charge in [-0.3, -0.25) is 0 Å². The lowest BCUT2D eigenvalue weighted by Gasteiger charge is -1.79. The Kier molecular flexibility index (Phi) is 6.98. The van der Waals surface area contributed by atoms with Crippen LogP contribution in [0.15, 0.2) is 0 Å². The van der Waals surface area contributed by atoms with Crippen LogP contribution in [0, 0.1) is 0 Å². The minimum atomic E-state index is 0.190. The lowest BCUT2D eigenvalue weighted by Crippen LogP contribution is -1.88. The maximum Gasteiger partial charge on any atom is 0.104 e. The fourth-order valence-electron chi connectivity index (χ4n) is 0.527. The second kappa shape index (κ2) is 7.03. The number of aliphatic hydroxyl groups excluding tert-OH is 1. The van der Waals surface area contributed by atoms with Gasteiger partial charge >= 0.3 is 0 Å². The zero-order valence-corrected chi connectivity index (χ0v) is 6.97. The van der Waals surface area contributed by atoms with E-state index in [2.05, 4.69) is 18.6 Å². The summed E-state index contributed by atoms with van der Waals surface area (Å²) in [6.45, 7) is 5.38. The van der Waals surface area contributed by atoms with Crippen LogP contribution in [0.4, 0.5) is 0 Å². The van der Waals surface area contributed by atoms with Crippen LogP contribution in [0.25, 0.3) is 0 Å². The Labute approximate surface area is 63.2 Å². The van der Waals surface area contributed by atoms with Crippen LogP contribution in [0.2, 0.25) is 0 Å². The van der Waals surface area contributed by atoms with Crippen LogP contribution in [-0.2, 0) is 4.74 Å². The summed E-state index contributed by atoms with van der Waals surface area (Å²) in [5.41, 5.74) is 0. The maximum atomic E-state index is 8.08. The summed E-state index contributed by atoms with van der Waals surface area (Å²) >= 11 is 0. The number of rotatable bonds is 3. The molecule has 1 atom stereocenters. The second-order valence-electron chi connectivity index (χ2n) is 2.49. The topological polar surface area (TPSA) is 32.8 Å². The molecule has 2 nitrogen and oxygen atoms in total. The summed E-state index contributed by atoms with van der Waals surface area (Å²) in [5, 5.41) is 8.08. The largest absolute Gasteiger partial charge is 0.394 e. The van der Waals surface area contributed by atoms with Gasteiger partial charge in [0.2, 0.25) is 0 Å². The first-order valence-corrected chi connectivity index (χ1v) is 4.07. The minimum absolute atomic E-state index is 0.190. The normalized spacial score (nSPS) is 21.3. The first-order chi connectivity index (χ1) is 4.85. The number of hydrogen-bond donors (Lipinski definition) is 1. The molecule has 0 spiro atoms. The van der Waals surface area contributed by atoms with E-state index in [1.54, 1.807) is 0 Å². The van der Waals surface area contributed by atoms with E-state index in [-0.39, 0.29) is 12.7 Å². The molecule has 1 aliphatic rings. The molecule has 0 saturated carbocycles. The van der Waals surface area contributed by atoms with E-state index in [0.717, 1.165) is 6.61 Å². The number of epoxide rings is 1. The number of hydrogen-bond acceptors (Lipinski definition) is 2. The van der Waals surface area contributed by atoms with E-state index < -0.39 is 0 Å². The Balaban J connectivity index is 0.000000162. The van der Waals surface area contributed by atoms with E-state index in [0.29, 0.717) is 0 Å². The Morgan fingerprint density at radius 1 is 1.40 bits per heavy atom. The fraction of sp³-hybridized carbons (Fsp3) is 1.00. The summed E-state index contributed by atoms with van der Waals surface area (Å²) < 4.78 is 4.61. The molecule has 1 N–H and O–H groups in total. The quantitative estimate of drug-likeness (QED) is 0.613. The molecule has 0 aromatic heterocycles. The predicted molar refractivity (Wildman–Crippen MR) is 42.0 cm³/mol. The highest BCUT2D eigenvalue weighted by Gasteiger charge is 2.19. The fourth-order valence-corrected chi connectivity index (χ4v) is 0.527. The van der Waals surface area contributed by atoms with Gasteiger partial charge in [0.1, 0.15) is 6.10 Å². The van der Waals surface area contributed by atoms with Gasteiger partial charge in [0.05, 0.1) is 13.2 Å². The molecule has 1 fully saturated rings. The molecule has 0 bridgehead atoms. The van der Waals surface area contributed by atoms with E-state index >= 15 is 0 Å². The van der Waals surface area contributed by atoms with Crippen molar-refractivity contribution in [2.75, 3.05) is 13.2 Å². The zero-order valence-electron chi connectivity index (χ0n) is 6.97. The van der Waals surface area contributed by atoms with Gasteiger partial charge in [-0.2, -0.15) is 0 Å². The highest BCUT2D eigenvalue weighted by atomic mass is 16.6. The molecular formula is C8H18O2. The average molecular weight is 146 g/mol. The highest BCUT2D eigenvalue weighted by Crippen LogP contribution is 2.04. The highest BCUT2D eigenvalue weighted by molar-refractivity contribution is 4.65. The van der Waals surface area contributed by atoms with Gasteiger partial charge in [0.25, 0.3) is 0 Å². The molecule has 1 unspecified atom stereocenters. The van der Waals surface area contributed by atoms with Gasteiger partial charge in [-0.15, -0.1) is 0 Å². The molecule has 10 heavy (non-hydrogen) atoms. The van der Waals surface area contributed by atoms with Gasteiger partial charge in [0, 0.05) is 0 Å². The van der Waals surface area contributed by atoms with Crippen LogP contribution in [0.3, 0.4) is 0 Å². The van der Waals surface area contributed by atoms with E-state index in [4.69, 9.17) is 5.11 Å². The number of ether oxygens (including phenoxy) is 1. The monoisotopic (exact) mass is 146 g/mol. The molecule has 1 saturated heterocycles. The lowest BCUT2D eigenvalue weighted by molar-refractivity contribution is 0.244. The zero-order chi connectivity index (χ0) is 7.82. The van der Waals surface area contributed by atoms with Crippen molar-refractivity contribution in [2.24, 2.45) is 0 Å². The summed E-state index contributed by atoms with van der Waals surface area (Å²) in [7, 11) is 0. The third kappa shape index (κ3) is 7.92. The SMILES string of the molecule is CCCCC.OCC1CO1. The van der Waals surface area contributed by atoms with Crippen LogP contribution in [-0.4, -0.2) is 24.4 Å². The minimum Gasteiger partial charge on any atom is -0.394 e. The molecule has 1 rings (SSSR count). The van der Waals surface area contributed by atoms with Crippen molar-refractivity contribution in [3.05, 3.63) is 0 Å². The summed E-state index contributed by atoms with van der Waals surface area (Å²) in [6, 6.07) is 0. The van der Waals surface area contributed by atoms with Gasteiger partial charge in [0.15, 0.2) is 0 Å². The maximum absolute atomic E-state index is 8.08. The van der Waals surface area contributed by atoms with Crippen LogP contribution in [0.5, 0.6) is 0 Å². The standard InChI is InChI=1S/C5H12.C3H6O2/c1-3-5-4-2;4-1-3-2-5-3/h3-5H2,1-2H3;3-4H,1-2H2. The molecule has 1 aliphatic heterocycles. The molecule has 0 radical (unpaired) electrons. The van der Waals surface area contributed by atoms with Gasteiger partial charge in [-0.05, 0) is 0 Å². The second-order valence-corrected chi connectivity index (χ2v) is 2.49. The van der Waals surface area contributed by atoms with E-state index in [1.807, 2.05) is 0 Å². The molecule has 0 amide bonds. The van der Waals surface area contributed by atoms with Crippen molar-refractivity contribution in [1.29, 1.82) is 0 Å². The number of unbranched alkanes of at least 4 members (excludes halogenated alkanes) is 2. The first-order valence-electron chi connectivity index (χ1n) is 4.07. The Morgan fingerprint density at radius 2 is 1.90 bits per heavy atom. The van der Waals surface area contributed by atoms with Crippen LogP contribution in [0.1, 0.15) is 33.1 Å². The van der Waals surface area contributed by atoms with Crippen molar-refractivity contribution < 1.29 is 9.84 Å². The summed E-state index contributed by atoms with van der Waals surface area (Å²) in [4.78, 5) is 0. The third-order valence-electron chi connectivity index (χ3n) is 1.31. The van der Waals surface area contributed by atoms with Crippen LogP contribution < -0.4 is 0 Å². The Hall–Kier alpha value is -0.0800. The summed E-state index contributed by atoms with van der Waals surface area (Å²) in [5.74, 6) is 0. The van der Waals surface area contributed by atoms with Gasteiger partial charge < -0.3 is 9.84 Å². The predicted octanol–water partition coefficient (Wildman–Crippen LogP) is 1.57. The van der Waals surface area contributed by atoms with Crippen molar-refractivity contribution in [3.63, 3.8) is 0 Å². The lowest BCUT2D eigenvalue weighted by atomic mass is 10.3. The van der Waals surface area contributed by atoms with Crippen molar-refractivity contribution in [3.8, 4) is 0 Å². The molecule has 1 heterocycles. The molecule has 0 aliphatic carbocycles. The summed E-state index contributed by atoms with van der Waals surface area (Å²) in [6.07, 6.45) is 4.27. The average Bonchev–Trinajstić information content (AvgIpc) is 2.72. The first kappa shape index (κ1) is 9.92. The molecule has 62 valence electrons. The van der Waals surface area contributed by atoms with E-state index in [1.165, 1.54) is 19.3 Å². The number of aliphatic hydroxyl groups is 1. The molecule has 0 aromatic carbocycles.